The van der Waals surface area contributed by atoms with Gasteiger partial charge in [0, 0.05) is 21.1 Å². The number of anilines is 1. The number of halogens is 1. The number of nitrogens with one attached hydrogen (secondary N) is 1. The van der Waals surface area contributed by atoms with Gasteiger partial charge in [-0.2, -0.15) is 0 Å². The van der Waals surface area contributed by atoms with Gasteiger partial charge >= 0.3 is 5.97 Å². The molecule has 0 saturated carbocycles. The summed E-state index contributed by atoms with van der Waals surface area (Å²) in [6, 6.07) is 14.5. The molecule has 8 heteroatoms. The van der Waals surface area contributed by atoms with E-state index in [1.807, 2.05) is 29.6 Å². The molecule has 0 saturated heterocycles. The smallest absolute Gasteiger partial charge is 0.337 e. The van der Waals surface area contributed by atoms with Crippen LogP contribution in [-0.4, -0.2) is 29.7 Å². The number of methoxy groups -OCH3 is 1. The molecule has 0 spiro atoms. The molecule has 0 aliphatic rings. The predicted molar refractivity (Wildman–Crippen MR) is 112 cm³/mol. The van der Waals surface area contributed by atoms with Crippen molar-refractivity contribution in [3.05, 3.63) is 63.9 Å². The summed E-state index contributed by atoms with van der Waals surface area (Å²) >= 11 is 6.32. The molecular formula is C19H15BrN2O3S2. The molecule has 5 nitrogen and oxygen atoms in total. The molecule has 0 unspecified atom stereocenters. The standard InChI is InChI=1S/C19H15BrN2O3S2/c1-25-18(24)13-4-8-15(9-5-13)21-17(23)11-27-19-22-16(10-26-19)12-2-6-14(20)7-3-12/h2-10H,11H2,1H3,(H,21,23). The van der Waals surface area contributed by atoms with E-state index in [1.54, 1.807) is 24.3 Å². The number of thiazole rings is 1. The van der Waals surface area contributed by atoms with Crippen LogP contribution in [-0.2, 0) is 9.53 Å². The quantitative estimate of drug-likeness (QED) is 0.408. The average Bonchev–Trinajstić information content (AvgIpc) is 3.16. The van der Waals surface area contributed by atoms with Crippen LogP contribution in [0.2, 0.25) is 0 Å². The summed E-state index contributed by atoms with van der Waals surface area (Å²) in [7, 11) is 1.33. The lowest BCUT2D eigenvalue weighted by molar-refractivity contribution is -0.113. The first-order valence-electron chi connectivity index (χ1n) is 7.87. The van der Waals surface area contributed by atoms with E-state index in [0.29, 0.717) is 11.3 Å². The Morgan fingerprint density at radius 2 is 1.85 bits per heavy atom. The maximum absolute atomic E-state index is 12.1. The molecule has 0 aliphatic carbocycles. The van der Waals surface area contributed by atoms with Gasteiger partial charge in [0.2, 0.25) is 5.91 Å². The Morgan fingerprint density at radius 1 is 1.15 bits per heavy atom. The summed E-state index contributed by atoms with van der Waals surface area (Å²) in [6.45, 7) is 0. The zero-order chi connectivity index (χ0) is 19.2. The number of amides is 1. The largest absolute Gasteiger partial charge is 0.465 e. The van der Waals surface area contributed by atoms with Gasteiger partial charge in [0.15, 0.2) is 4.34 Å². The number of rotatable bonds is 6. The summed E-state index contributed by atoms with van der Waals surface area (Å²) in [6.07, 6.45) is 0. The molecule has 0 bridgehead atoms. The molecular weight excluding hydrogens is 448 g/mol. The van der Waals surface area contributed by atoms with Crippen LogP contribution in [0.1, 0.15) is 10.4 Å². The van der Waals surface area contributed by atoms with Crippen molar-refractivity contribution in [2.45, 2.75) is 4.34 Å². The van der Waals surface area contributed by atoms with Crippen LogP contribution in [0.3, 0.4) is 0 Å². The number of benzene rings is 2. The molecule has 138 valence electrons. The molecule has 0 aliphatic heterocycles. The highest BCUT2D eigenvalue weighted by Gasteiger charge is 2.09. The Hall–Kier alpha value is -2.16. The minimum absolute atomic E-state index is 0.133. The Morgan fingerprint density at radius 3 is 2.52 bits per heavy atom. The zero-order valence-electron chi connectivity index (χ0n) is 14.3. The molecule has 3 rings (SSSR count). The van der Waals surface area contributed by atoms with Crippen LogP contribution in [0, 0.1) is 0 Å². The van der Waals surface area contributed by atoms with Crippen molar-refractivity contribution in [1.82, 2.24) is 4.98 Å². The van der Waals surface area contributed by atoms with E-state index in [1.165, 1.54) is 30.2 Å². The van der Waals surface area contributed by atoms with Crippen LogP contribution in [0.5, 0.6) is 0 Å². The van der Waals surface area contributed by atoms with E-state index in [9.17, 15) is 9.59 Å². The normalized spacial score (nSPS) is 10.4. The monoisotopic (exact) mass is 462 g/mol. The van der Waals surface area contributed by atoms with Crippen LogP contribution in [0.4, 0.5) is 5.69 Å². The minimum Gasteiger partial charge on any atom is -0.465 e. The highest BCUT2D eigenvalue weighted by molar-refractivity contribution is 9.10. The van der Waals surface area contributed by atoms with Gasteiger partial charge in [0.1, 0.15) is 0 Å². The summed E-state index contributed by atoms with van der Waals surface area (Å²) in [5.41, 5.74) is 3.00. The number of nitrogens with zero attached hydrogens (tertiary/aromatic N) is 1. The van der Waals surface area contributed by atoms with Gasteiger partial charge in [-0.1, -0.05) is 39.8 Å². The molecule has 2 aromatic carbocycles. The van der Waals surface area contributed by atoms with E-state index >= 15 is 0 Å². The Labute approximate surface area is 173 Å². The van der Waals surface area contributed by atoms with Crippen molar-refractivity contribution in [2.75, 3.05) is 18.2 Å². The van der Waals surface area contributed by atoms with E-state index in [2.05, 4.69) is 31.0 Å². The number of esters is 1. The first-order chi connectivity index (χ1) is 13.0. The molecule has 1 heterocycles. The first kappa shape index (κ1) is 19.6. The SMILES string of the molecule is COC(=O)c1ccc(NC(=O)CSc2nc(-c3ccc(Br)cc3)cs2)cc1. The fourth-order valence-corrected chi connectivity index (χ4v) is 4.11. The first-order valence-corrected chi connectivity index (χ1v) is 10.5. The second kappa shape index (κ2) is 9.16. The summed E-state index contributed by atoms with van der Waals surface area (Å²) < 4.78 is 6.50. The second-order valence-electron chi connectivity index (χ2n) is 5.41. The van der Waals surface area contributed by atoms with E-state index in [0.717, 1.165) is 20.1 Å². The number of carbonyl (C=O) groups excluding carboxylic acids is 2. The number of hydrogen-bond acceptors (Lipinski definition) is 6. The molecule has 3 aromatic rings. The molecule has 0 radical (unpaired) electrons. The zero-order valence-corrected chi connectivity index (χ0v) is 17.5. The minimum atomic E-state index is -0.409. The summed E-state index contributed by atoms with van der Waals surface area (Å²) in [5, 5.41) is 4.78. The molecule has 0 fully saturated rings. The predicted octanol–water partition coefficient (Wildman–Crippen LogP) is 5.09. The highest BCUT2D eigenvalue weighted by Crippen LogP contribution is 2.29. The van der Waals surface area contributed by atoms with Gasteiger partial charge in [-0.05, 0) is 36.4 Å². The topological polar surface area (TPSA) is 68.3 Å². The molecule has 1 amide bonds. The fourth-order valence-electron chi connectivity index (χ4n) is 2.21. The fraction of sp³-hybridized carbons (Fsp3) is 0.105. The van der Waals surface area contributed by atoms with Crippen molar-refractivity contribution in [3.8, 4) is 11.3 Å². The Bertz CT molecular complexity index is 940. The molecule has 27 heavy (non-hydrogen) atoms. The lowest BCUT2D eigenvalue weighted by atomic mass is 10.2. The number of ether oxygens (including phenoxy) is 1. The number of thioether (sulfide) groups is 1. The lowest BCUT2D eigenvalue weighted by Gasteiger charge is -2.05. The third-order valence-electron chi connectivity index (χ3n) is 3.54. The third-order valence-corrected chi connectivity index (χ3v) is 6.09. The van der Waals surface area contributed by atoms with Gasteiger partial charge < -0.3 is 10.1 Å². The number of aromatic nitrogens is 1. The van der Waals surface area contributed by atoms with Gasteiger partial charge in [-0.15, -0.1) is 11.3 Å². The van der Waals surface area contributed by atoms with Crippen molar-refractivity contribution in [2.24, 2.45) is 0 Å². The van der Waals surface area contributed by atoms with Crippen LogP contribution < -0.4 is 5.32 Å². The van der Waals surface area contributed by atoms with E-state index in [-0.39, 0.29) is 11.7 Å². The maximum Gasteiger partial charge on any atom is 0.337 e. The van der Waals surface area contributed by atoms with Gasteiger partial charge in [-0.3, -0.25) is 4.79 Å². The van der Waals surface area contributed by atoms with Crippen LogP contribution in [0.25, 0.3) is 11.3 Å². The van der Waals surface area contributed by atoms with Crippen molar-refractivity contribution in [3.63, 3.8) is 0 Å². The van der Waals surface area contributed by atoms with E-state index < -0.39 is 5.97 Å². The average molecular weight is 463 g/mol. The van der Waals surface area contributed by atoms with E-state index in [4.69, 9.17) is 0 Å². The molecule has 1 aromatic heterocycles. The lowest BCUT2D eigenvalue weighted by Crippen LogP contribution is -2.14. The Balaban J connectivity index is 1.53. The van der Waals surface area contributed by atoms with Gasteiger partial charge in [-0.25, -0.2) is 9.78 Å². The molecule has 0 atom stereocenters. The van der Waals surface area contributed by atoms with Gasteiger partial charge in [0.05, 0.1) is 24.1 Å². The van der Waals surface area contributed by atoms with Crippen molar-refractivity contribution in [1.29, 1.82) is 0 Å². The summed E-state index contributed by atoms with van der Waals surface area (Å²) in [4.78, 5) is 28.1. The highest BCUT2D eigenvalue weighted by atomic mass is 79.9. The molecule has 1 N–H and O–H groups in total. The number of hydrogen-bond donors (Lipinski definition) is 1. The maximum atomic E-state index is 12.1. The summed E-state index contributed by atoms with van der Waals surface area (Å²) in [5.74, 6) is -0.286. The van der Waals surface area contributed by atoms with Crippen molar-refractivity contribution < 1.29 is 14.3 Å². The third kappa shape index (κ3) is 5.41. The van der Waals surface area contributed by atoms with Gasteiger partial charge in [0.25, 0.3) is 0 Å². The van der Waals surface area contributed by atoms with Crippen molar-refractivity contribution >= 4 is 56.6 Å². The van der Waals surface area contributed by atoms with Crippen LogP contribution in [0.15, 0.2) is 62.7 Å². The second-order valence-corrected chi connectivity index (χ2v) is 8.41. The number of carbonyl (C=O) groups is 2. The van der Waals surface area contributed by atoms with Crippen LogP contribution >= 0.6 is 39.0 Å². The Kier molecular flexibility index (Phi) is 6.65.